The first-order chi connectivity index (χ1) is 15.5. The predicted octanol–water partition coefficient (Wildman–Crippen LogP) is 7.57. The van der Waals surface area contributed by atoms with E-state index in [2.05, 4.69) is 26.8 Å². The summed E-state index contributed by atoms with van der Waals surface area (Å²) in [5, 5.41) is 18.6. The molecule has 0 saturated heterocycles. The molecule has 33 heavy (non-hydrogen) atoms. The summed E-state index contributed by atoms with van der Waals surface area (Å²) < 4.78 is 0. The van der Waals surface area contributed by atoms with Crippen LogP contribution in [0.5, 0.6) is 0 Å². The number of carbonyl (C=O) groups is 2. The summed E-state index contributed by atoms with van der Waals surface area (Å²) in [4.78, 5) is 22.6. The third-order valence-electron chi connectivity index (χ3n) is 8.10. The van der Waals surface area contributed by atoms with Gasteiger partial charge in [-0.05, 0) is 114 Å². The van der Waals surface area contributed by atoms with Gasteiger partial charge < -0.3 is 10.2 Å². The highest BCUT2D eigenvalue weighted by atomic mass is 16.4. The number of aliphatic carboxylic acids is 2. The van der Waals surface area contributed by atoms with Crippen molar-refractivity contribution < 1.29 is 19.8 Å². The minimum Gasteiger partial charge on any atom is -0.481 e. The molecule has 0 bridgehead atoms. The molecule has 1 aliphatic rings. The van der Waals surface area contributed by atoms with Gasteiger partial charge in [0.15, 0.2) is 0 Å². The number of hydrogen-bond donors (Lipinski definition) is 2. The van der Waals surface area contributed by atoms with Gasteiger partial charge in [-0.1, -0.05) is 44.6 Å². The van der Waals surface area contributed by atoms with Gasteiger partial charge in [0.1, 0.15) is 0 Å². The fraction of sp³-hybridized carbons (Fsp3) is 0.724. The average Bonchev–Trinajstić information content (AvgIpc) is 3.54. The smallest absolute Gasteiger partial charge is 0.309 e. The minimum absolute atomic E-state index is 0.374. The van der Waals surface area contributed by atoms with Crippen LogP contribution in [0.2, 0.25) is 0 Å². The SMILES string of the molecule is Cc1cc(CCCCCCC(C)(C)C(=O)O)c(CCCCCCC2(C(=O)O)CC2)c(C)c1C. The molecule has 1 fully saturated rings. The van der Waals surface area contributed by atoms with Crippen LogP contribution in [-0.2, 0) is 22.4 Å². The van der Waals surface area contributed by atoms with Crippen LogP contribution < -0.4 is 0 Å². The van der Waals surface area contributed by atoms with Crippen LogP contribution in [0.4, 0.5) is 0 Å². The fourth-order valence-electron chi connectivity index (χ4n) is 4.97. The van der Waals surface area contributed by atoms with Gasteiger partial charge >= 0.3 is 11.9 Å². The molecule has 0 radical (unpaired) electrons. The second-order valence-corrected chi connectivity index (χ2v) is 11.2. The maximum atomic E-state index is 11.3. The Hall–Kier alpha value is -1.84. The van der Waals surface area contributed by atoms with Gasteiger partial charge in [0.25, 0.3) is 0 Å². The largest absolute Gasteiger partial charge is 0.481 e. The Morgan fingerprint density at radius 3 is 2.00 bits per heavy atom. The summed E-state index contributed by atoms with van der Waals surface area (Å²) in [5.41, 5.74) is 6.24. The van der Waals surface area contributed by atoms with E-state index in [4.69, 9.17) is 0 Å². The number of benzene rings is 1. The van der Waals surface area contributed by atoms with E-state index in [0.29, 0.717) is 0 Å². The molecule has 0 spiro atoms. The van der Waals surface area contributed by atoms with E-state index in [1.807, 2.05) is 13.8 Å². The van der Waals surface area contributed by atoms with Crippen molar-refractivity contribution in [2.45, 2.75) is 125 Å². The lowest BCUT2D eigenvalue weighted by molar-refractivity contribution is -0.147. The number of unbranched alkanes of at least 4 members (excludes halogenated alkanes) is 6. The van der Waals surface area contributed by atoms with Crippen molar-refractivity contribution in [1.82, 2.24) is 0 Å². The molecule has 2 rings (SSSR count). The lowest BCUT2D eigenvalue weighted by Gasteiger charge is -2.19. The quantitative estimate of drug-likeness (QED) is 0.250. The topological polar surface area (TPSA) is 74.6 Å². The van der Waals surface area contributed by atoms with Crippen LogP contribution in [0.15, 0.2) is 6.07 Å². The van der Waals surface area contributed by atoms with Crippen LogP contribution >= 0.6 is 0 Å². The van der Waals surface area contributed by atoms with Crippen molar-refractivity contribution >= 4 is 11.9 Å². The Kier molecular flexibility index (Phi) is 10.00. The van der Waals surface area contributed by atoms with E-state index in [9.17, 15) is 19.8 Å². The number of rotatable bonds is 16. The van der Waals surface area contributed by atoms with E-state index in [1.54, 1.807) is 0 Å². The molecule has 1 aromatic rings. The van der Waals surface area contributed by atoms with Gasteiger partial charge in [0.05, 0.1) is 10.8 Å². The van der Waals surface area contributed by atoms with Crippen LogP contribution in [0.3, 0.4) is 0 Å². The molecule has 0 heterocycles. The maximum Gasteiger partial charge on any atom is 0.309 e. The molecule has 1 saturated carbocycles. The molecule has 1 aliphatic carbocycles. The van der Waals surface area contributed by atoms with Crippen molar-refractivity contribution in [3.05, 3.63) is 33.9 Å². The molecule has 0 amide bonds. The Morgan fingerprint density at radius 2 is 1.42 bits per heavy atom. The summed E-state index contributed by atoms with van der Waals surface area (Å²) in [6.45, 7) is 10.3. The lowest BCUT2D eigenvalue weighted by Crippen LogP contribution is -2.23. The Morgan fingerprint density at radius 1 is 0.848 bits per heavy atom. The molecule has 1 aromatic carbocycles. The fourth-order valence-corrected chi connectivity index (χ4v) is 4.97. The zero-order chi connectivity index (χ0) is 24.6. The number of carboxylic acid groups (broad SMARTS) is 2. The van der Waals surface area contributed by atoms with Gasteiger partial charge in [-0.25, -0.2) is 0 Å². The lowest BCUT2D eigenvalue weighted by atomic mass is 9.86. The molecule has 0 unspecified atom stereocenters. The standard InChI is InChI=1S/C29H46O4/c1-21-20-24(14-10-6-8-12-16-28(4,5)26(30)31)25(23(3)22(21)2)15-11-7-9-13-17-29(18-19-29)27(32)33/h20H,6-19H2,1-5H3,(H,30,31)(H,32,33). The third kappa shape index (κ3) is 7.86. The van der Waals surface area contributed by atoms with E-state index in [-0.39, 0.29) is 5.41 Å². The number of carboxylic acids is 2. The molecule has 0 aliphatic heterocycles. The molecular weight excluding hydrogens is 412 g/mol. The monoisotopic (exact) mass is 458 g/mol. The molecule has 186 valence electrons. The molecule has 0 atom stereocenters. The van der Waals surface area contributed by atoms with Crippen molar-refractivity contribution in [3.63, 3.8) is 0 Å². The molecule has 4 heteroatoms. The number of hydrogen-bond acceptors (Lipinski definition) is 2. The Balaban J connectivity index is 1.78. The Bertz CT molecular complexity index is 817. The summed E-state index contributed by atoms with van der Waals surface area (Å²) in [6.07, 6.45) is 14.4. The average molecular weight is 459 g/mol. The van der Waals surface area contributed by atoms with Crippen LogP contribution in [-0.4, -0.2) is 22.2 Å². The summed E-state index contributed by atoms with van der Waals surface area (Å²) >= 11 is 0. The van der Waals surface area contributed by atoms with Crippen LogP contribution in [0, 0.1) is 31.6 Å². The Labute approximate surface area is 201 Å². The minimum atomic E-state index is -0.702. The first kappa shape index (κ1) is 27.4. The highest BCUT2D eigenvalue weighted by molar-refractivity contribution is 5.77. The zero-order valence-electron chi connectivity index (χ0n) is 21.7. The van der Waals surface area contributed by atoms with Gasteiger partial charge in [0.2, 0.25) is 0 Å². The summed E-state index contributed by atoms with van der Waals surface area (Å²) in [7, 11) is 0. The van der Waals surface area contributed by atoms with Crippen LogP contribution in [0.1, 0.15) is 119 Å². The molecule has 0 aromatic heterocycles. The van der Waals surface area contributed by atoms with Gasteiger partial charge in [-0.2, -0.15) is 0 Å². The van der Waals surface area contributed by atoms with Gasteiger partial charge in [0, 0.05) is 0 Å². The van der Waals surface area contributed by atoms with Crippen molar-refractivity contribution in [1.29, 1.82) is 0 Å². The normalized spacial score (nSPS) is 14.9. The second kappa shape index (κ2) is 12.0. The molecule has 2 N–H and O–H groups in total. The van der Waals surface area contributed by atoms with Crippen molar-refractivity contribution in [2.75, 3.05) is 0 Å². The number of aryl methyl sites for hydroxylation is 2. The maximum absolute atomic E-state index is 11.3. The van der Waals surface area contributed by atoms with E-state index >= 15 is 0 Å². The third-order valence-corrected chi connectivity index (χ3v) is 8.10. The van der Waals surface area contributed by atoms with E-state index in [1.165, 1.54) is 40.7 Å². The van der Waals surface area contributed by atoms with Crippen molar-refractivity contribution in [2.24, 2.45) is 10.8 Å². The molecule has 4 nitrogen and oxygen atoms in total. The van der Waals surface area contributed by atoms with E-state index in [0.717, 1.165) is 77.0 Å². The van der Waals surface area contributed by atoms with Crippen molar-refractivity contribution in [3.8, 4) is 0 Å². The second-order valence-electron chi connectivity index (χ2n) is 11.2. The highest BCUT2D eigenvalue weighted by Crippen LogP contribution is 2.50. The summed E-state index contributed by atoms with van der Waals surface area (Å²) in [5.74, 6) is -1.30. The summed E-state index contributed by atoms with van der Waals surface area (Å²) in [6, 6.07) is 2.38. The first-order valence-corrected chi connectivity index (χ1v) is 13.1. The first-order valence-electron chi connectivity index (χ1n) is 13.1. The van der Waals surface area contributed by atoms with E-state index < -0.39 is 17.4 Å². The van der Waals surface area contributed by atoms with Crippen LogP contribution in [0.25, 0.3) is 0 Å². The zero-order valence-corrected chi connectivity index (χ0v) is 21.7. The predicted molar refractivity (Wildman–Crippen MR) is 135 cm³/mol. The van der Waals surface area contributed by atoms with Gasteiger partial charge in [-0.15, -0.1) is 0 Å². The molecular formula is C29H46O4. The highest BCUT2D eigenvalue weighted by Gasteiger charge is 2.49. The van der Waals surface area contributed by atoms with Gasteiger partial charge in [-0.3, -0.25) is 9.59 Å².